The van der Waals surface area contributed by atoms with Crippen LogP contribution in [0.5, 0.6) is 0 Å². The molecule has 1 aliphatic carbocycles. The maximum atomic E-state index is 6.07. The minimum absolute atomic E-state index is 0.153. The van der Waals surface area contributed by atoms with Gasteiger partial charge < -0.3 is 10.1 Å². The first-order chi connectivity index (χ1) is 8.28. The Morgan fingerprint density at radius 3 is 2.76 bits per heavy atom. The van der Waals surface area contributed by atoms with Gasteiger partial charge >= 0.3 is 0 Å². The minimum atomic E-state index is 0.153. The van der Waals surface area contributed by atoms with Crippen molar-refractivity contribution >= 4 is 11.6 Å². The molecule has 1 saturated heterocycles. The Labute approximate surface area is 107 Å². The number of nitrogens with one attached hydrogen (secondary N) is 1. The maximum absolute atomic E-state index is 6.07. The Morgan fingerprint density at radius 1 is 1.35 bits per heavy atom. The smallest absolute Gasteiger partial charge is 0.0587 e. The Bertz CT molecular complexity index is 399. The average Bonchev–Trinajstić information content (AvgIpc) is 3.06. The molecule has 2 aliphatic rings. The Kier molecular flexibility index (Phi) is 3.12. The van der Waals surface area contributed by atoms with Gasteiger partial charge in [-0.05, 0) is 36.5 Å². The number of benzene rings is 1. The summed E-state index contributed by atoms with van der Waals surface area (Å²) in [5.74, 6) is 0.833. The summed E-state index contributed by atoms with van der Waals surface area (Å²) in [6, 6.07) is 8.19. The van der Waals surface area contributed by atoms with Crippen molar-refractivity contribution in [2.45, 2.75) is 18.3 Å². The molecule has 2 fully saturated rings. The van der Waals surface area contributed by atoms with Crippen LogP contribution in [0.3, 0.4) is 0 Å². The van der Waals surface area contributed by atoms with Crippen molar-refractivity contribution in [1.29, 1.82) is 0 Å². The molecule has 0 amide bonds. The molecule has 0 spiro atoms. The van der Waals surface area contributed by atoms with E-state index in [4.69, 9.17) is 16.3 Å². The lowest BCUT2D eigenvalue weighted by atomic mass is 9.76. The van der Waals surface area contributed by atoms with E-state index in [1.54, 1.807) is 0 Å². The molecule has 0 radical (unpaired) electrons. The second-order valence-electron chi connectivity index (χ2n) is 5.35. The molecule has 1 saturated carbocycles. The SMILES string of the molecule is Clc1cccc(C2(COCC3CC3)CNC2)c1. The average molecular weight is 252 g/mol. The third kappa shape index (κ3) is 2.49. The van der Waals surface area contributed by atoms with E-state index in [-0.39, 0.29) is 5.41 Å². The van der Waals surface area contributed by atoms with Crippen LogP contribution in [0.4, 0.5) is 0 Å². The lowest BCUT2D eigenvalue weighted by Crippen LogP contribution is -2.59. The van der Waals surface area contributed by atoms with E-state index in [2.05, 4.69) is 17.4 Å². The van der Waals surface area contributed by atoms with Crippen molar-refractivity contribution in [2.24, 2.45) is 5.92 Å². The molecule has 3 heteroatoms. The highest BCUT2D eigenvalue weighted by Crippen LogP contribution is 2.33. The second-order valence-corrected chi connectivity index (χ2v) is 5.79. The molecule has 1 aromatic carbocycles. The lowest BCUT2D eigenvalue weighted by molar-refractivity contribution is 0.0515. The second kappa shape index (κ2) is 4.60. The third-order valence-electron chi connectivity index (χ3n) is 3.79. The van der Waals surface area contributed by atoms with Crippen LogP contribution in [-0.2, 0) is 10.2 Å². The van der Waals surface area contributed by atoms with Crippen LogP contribution in [0.15, 0.2) is 24.3 Å². The molecule has 0 bridgehead atoms. The standard InChI is InChI=1S/C14H18ClNO/c15-13-3-1-2-12(6-13)14(8-16-9-14)10-17-7-11-4-5-11/h1-3,6,11,16H,4-5,7-10H2. The van der Waals surface area contributed by atoms with Gasteiger partial charge in [-0.15, -0.1) is 0 Å². The molecule has 1 N–H and O–H groups in total. The van der Waals surface area contributed by atoms with Crippen LogP contribution in [0.25, 0.3) is 0 Å². The van der Waals surface area contributed by atoms with E-state index >= 15 is 0 Å². The number of ether oxygens (including phenoxy) is 1. The van der Waals surface area contributed by atoms with Gasteiger partial charge in [0.25, 0.3) is 0 Å². The van der Waals surface area contributed by atoms with Crippen LogP contribution in [0.1, 0.15) is 18.4 Å². The molecule has 92 valence electrons. The van der Waals surface area contributed by atoms with Crippen LogP contribution in [0, 0.1) is 5.92 Å². The summed E-state index contributed by atoms with van der Waals surface area (Å²) in [5, 5.41) is 4.17. The zero-order valence-electron chi connectivity index (χ0n) is 9.92. The minimum Gasteiger partial charge on any atom is -0.380 e. The highest BCUT2D eigenvalue weighted by Gasteiger charge is 2.39. The number of hydrogen-bond donors (Lipinski definition) is 1. The first-order valence-corrected chi connectivity index (χ1v) is 6.71. The molecule has 3 rings (SSSR count). The number of rotatable bonds is 5. The molecular weight excluding hydrogens is 234 g/mol. The fourth-order valence-electron chi connectivity index (χ4n) is 2.34. The summed E-state index contributed by atoms with van der Waals surface area (Å²) in [6.07, 6.45) is 2.70. The van der Waals surface area contributed by atoms with Gasteiger partial charge in [-0.2, -0.15) is 0 Å². The zero-order valence-corrected chi connectivity index (χ0v) is 10.7. The highest BCUT2D eigenvalue weighted by molar-refractivity contribution is 6.30. The summed E-state index contributed by atoms with van der Waals surface area (Å²) >= 11 is 6.07. The molecular formula is C14H18ClNO. The molecule has 2 nitrogen and oxygen atoms in total. The zero-order chi connectivity index (χ0) is 11.7. The first kappa shape index (κ1) is 11.5. The van der Waals surface area contributed by atoms with Gasteiger partial charge in [0.2, 0.25) is 0 Å². The predicted octanol–water partition coefficient (Wildman–Crippen LogP) is 2.61. The fourth-order valence-corrected chi connectivity index (χ4v) is 2.53. The summed E-state index contributed by atoms with van der Waals surface area (Å²) in [5.41, 5.74) is 1.46. The third-order valence-corrected chi connectivity index (χ3v) is 4.03. The largest absolute Gasteiger partial charge is 0.380 e. The topological polar surface area (TPSA) is 21.3 Å². The summed E-state index contributed by atoms with van der Waals surface area (Å²) in [4.78, 5) is 0. The van der Waals surface area contributed by atoms with Gasteiger partial charge in [-0.1, -0.05) is 23.7 Å². The maximum Gasteiger partial charge on any atom is 0.0587 e. The van der Waals surface area contributed by atoms with Crippen molar-refractivity contribution < 1.29 is 4.74 Å². The van der Waals surface area contributed by atoms with E-state index in [1.165, 1.54) is 18.4 Å². The van der Waals surface area contributed by atoms with E-state index in [0.29, 0.717) is 0 Å². The van der Waals surface area contributed by atoms with Gasteiger partial charge in [0.15, 0.2) is 0 Å². The molecule has 1 aromatic rings. The summed E-state index contributed by atoms with van der Waals surface area (Å²) < 4.78 is 5.88. The number of hydrogen-bond acceptors (Lipinski definition) is 2. The summed E-state index contributed by atoms with van der Waals surface area (Å²) in [6.45, 7) is 3.75. The molecule has 0 atom stereocenters. The predicted molar refractivity (Wildman–Crippen MR) is 69.5 cm³/mol. The van der Waals surface area contributed by atoms with E-state index < -0.39 is 0 Å². The van der Waals surface area contributed by atoms with Crippen LogP contribution >= 0.6 is 11.6 Å². The lowest BCUT2D eigenvalue weighted by Gasteiger charge is -2.43. The Balaban J connectivity index is 1.67. The molecule has 1 heterocycles. The fraction of sp³-hybridized carbons (Fsp3) is 0.571. The quantitative estimate of drug-likeness (QED) is 0.869. The summed E-state index contributed by atoms with van der Waals surface area (Å²) in [7, 11) is 0. The van der Waals surface area contributed by atoms with Crippen molar-refractivity contribution in [2.75, 3.05) is 26.3 Å². The monoisotopic (exact) mass is 251 g/mol. The van der Waals surface area contributed by atoms with Crippen molar-refractivity contribution in [3.8, 4) is 0 Å². The highest BCUT2D eigenvalue weighted by atomic mass is 35.5. The molecule has 0 aromatic heterocycles. The normalized spacial score (nSPS) is 22.2. The van der Waals surface area contributed by atoms with E-state index in [1.807, 2.05) is 12.1 Å². The molecule has 17 heavy (non-hydrogen) atoms. The van der Waals surface area contributed by atoms with E-state index in [0.717, 1.165) is 37.2 Å². The van der Waals surface area contributed by atoms with Crippen LogP contribution < -0.4 is 5.32 Å². The van der Waals surface area contributed by atoms with Crippen molar-refractivity contribution in [3.63, 3.8) is 0 Å². The van der Waals surface area contributed by atoms with Gasteiger partial charge in [-0.3, -0.25) is 0 Å². The van der Waals surface area contributed by atoms with Crippen molar-refractivity contribution in [1.82, 2.24) is 5.32 Å². The van der Waals surface area contributed by atoms with Crippen molar-refractivity contribution in [3.05, 3.63) is 34.9 Å². The van der Waals surface area contributed by atoms with Crippen LogP contribution in [-0.4, -0.2) is 26.3 Å². The van der Waals surface area contributed by atoms with E-state index in [9.17, 15) is 0 Å². The molecule has 0 unspecified atom stereocenters. The van der Waals surface area contributed by atoms with Gasteiger partial charge in [0.05, 0.1) is 6.61 Å². The van der Waals surface area contributed by atoms with Gasteiger partial charge in [0.1, 0.15) is 0 Å². The Hall–Kier alpha value is -0.570. The van der Waals surface area contributed by atoms with Crippen LogP contribution in [0.2, 0.25) is 5.02 Å². The number of halogens is 1. The van der Waals surface area contributed by atoms with Gasteiger partial charge in [0, 0.05) is 30.1 Å². The first-order valence-electron chi connectivity index (χ1n) is 6.33. The van der Waals surface area contributed by atoms with Gasteiger partial charge in [-0.25, -0.2) is 0 Å². The molecule has 1 aliphatic heterocycles. The Morgan fingerprint density at radius 2 is 2.18 bits per heavy atom.